The lowest BCUT2D eigenvalue weighted by molar-refractivity contribution is -0.140. The number of imide groups is 1. The molecule has 1 saturated carbocycles. The van der Waals surface area contributed by atoms with Crippen molar-refractivity contribution >= 4 is 17.6 Å². The molecule has 1 unspecified atom stereocenters. The van der Waals surface area contributed by atoms with E-state index in [-0.39, 0.29) is 24.3 Å². The molecular formula is C15H22N4O2. The molecule has 6 heteroatoms. The quantitative estimate of drug-likeness (QED) is 0.739. The van der Waals surface area contributed by atoms with E-state index < -0.39 is 5.54 Å². The fraction of sp³-hybridized carbons (Fsp3) is 0.667. The van der Waals surface area contributed by atoms with Gasteiger partial charge in [-0.2, -0.15) is 0 Å². The maximum Gasteiger partial charge on any atom is 0.255 e. The maximum atomic E-state index is 12.7. The van der Waals surface area contributed by atoms with E-state index in [0.717, 1.165) is 31.3 Å². The lowest BCUT2D eigenvalue weighted by Gasteiger charge is -2.38. The van der Waals surface area contributed by atoms with Crippen LogP contribution in [0.3, 0.4) is 0 Å². The predicted molar refractivity (Wildman–Crippen MR) is 78.7 cm³/mol. The number of likely N-dealkylation sites (tertiary alicyclic amines) is 2. The van der Waals surface area contributed by atoms with Crippen molar-refractivity contribution in [2.45, 2.75) is 50.1 Å². The first-order valence-corrected chi connectivity index (χ1v) is 7.57. The molecule has 21 heavy (non-hydrogen) atoms. The molecule has 2 amide bonds. The lowest BCUT2D eigenvalue weighted by Crippen LogP contribution is -2.54. The van der Waals surface area contributed by atoms with E-state index in [1.165, 1.54) is 4.90 Å². The van der Waals surface area contributed by atoms with Crippen molar-refractivity contribution in [2.75, 3.05) is 14.1 Å². The summed E-state index contributed by atoms with van der Waals surface area (Å²) in [6, 6.07) is 0.212. The van der Waals surface area contributed by atoms with Crippen molar-refractivity contribution in [3.05, 3.63) is 11.8 Å². The molecule has 2 saturated heterocycles. The summed E-state index contributed by atoms with van der Waals surface area (Å²) >= 11 is 0. The van der Waals surface area contributed by atoms with E-state index >= 15 is 0 Å². The number of hydrogen-bond donors (Lipinski definition) is 2. The molecule has 0 aromatic heterocycles. The van der Waals surface area contributed by atoms with Crippen molar-refractivity contribution in [1.29, 1.82) is 5.41 Å². The monoisotopic (exact) mass is 290 g/mol. The molecule has 2 N–H and O–H groups in total. The largest absolute Gasteiger partial charge is 0.394 e. The Kier molecular flexibility index (Phi) is 3.26. The second-order valence-corrected chi connectivity index (χ2v) is 6.26. The fourth-order valence-electron chi connectivity index (χ4n) is 4.04. The number of likely N-dealkylation sites (N-methyl/N-ethyl adjacent to an activating group) is 1. The summed E-state index contributed by atoms with van der Waals surface area (Å²) in [6.45, 7) is 0. The lowest BCUT2D eigenvalue weighted by atomic mass is 9.91. The second kappa shape index (κ2) is 4.86. The number of carbonyl (C=O) groups excluding carboxylic acids is 2. The Morgan fingerprint density at radius 1 is 1.29 bits per heavy atom. The Bertz CT molecular complexity index is 536. The molecule has 3 aliphatic rings. The van der Waals surface area contributed by atoms with Crippen molar-refractivity contribution in [1.82, 2.24) is 15.1 Å². The summed E-state index contributed by atoms with van der Waals surface area (Å²) in [5.41, 5.74) is -0.0264. The van der Waals surface area contributed by atoms with E-state index in [4.69, 9.17) is 5.41 Å². The van der Waals surface area contributed by atoms with Gasteiger partial charge in [0.05, 0.1) is 6.42 Å². The SMILES string of the molecule is CN/C=C1/CC2(CC(=O)N(C)C2=O)N(C2CCCC2)C1=N. The van der Waals surface area contributed by atoms with Crippen molar-refractivity contribution in [3.8, 4) is 0 Å². The summed E-state index contributed by atoms with van der Waals surface area (Å²) in [4.78, 5) is 28.0. The Balaban J connectivity index is 2.04. The molecule has 2 aliphatic heterocycles. The van der Waals surface area contributed by atoms with Gasteiger partial charge in [0.15, 0.2) is 0 Å². The summed E-state index contributed by atoms with van der Waals surface area (Å²) in [5, 5.41) is 11.4. The van der Waals surface area contributed by atoms with E-state index in [1.54, 1.807) is 20.3 Å². The molecule has 3 fully saturated rings. The third kappa shape index (κ3) is 1.88. The van der Waals surface area contributed by atoms with Gasteiger partial charge in [-0.05, 0) is 12.8 Å². The molecular weight excluding hydrogens is 268 g/mol. The van der Waals surface area contributed by atoms with Gasteiger partial charge in [0, 0.05) is 38.3 Å². The van der Waals surface area contributed by atoms with Crippen LogP contribution >= 0.6 is 0 Å². The van der Waals surface area contributed by atoms with Crippen molar-refractivity contribution in [2.24, 2.45) is 0 Å². The Hall–Kier alpha value is -1.85. The molecule has 114 valence electrons. The van der Waals surface area contributed by atoms with Gasteiger partial charge >= 0.3 is 0 Å². The van der Waals surface area contributed by atoms with Crippen LogP contribution < -0.4 is 5.32 Å². The fourth-order valence-corrected chi connectivity index (χ4v) is 4.04. The number of carbonyl (C=O) groups is 2. The van der Waals surface area contributed by atoms with Gasteiger partial charge < -0.3 is 10.2 Å². The summed E-state index contributed by atoms with van der Waals surface area (Å²) < 4.78 is 0. The van der Waals surface area contributed by atoms with E-state index in [2.05, 4.69) is 5.32 Å². The van der Waals surface area contributed by atoms with E-state index in [9.17, 15) is 9.59 Å². The zero-order chi connectivity index (χ0) is 15.2. The third-order valence-corrected chi connectivity index (χ3v) is 5.02. The molecule has 0 bridgehead atoms. The zero-order valence-electron chi connectivity index (χ0n) is 12.6. The number of amidine groups is 1. The van der Waals surface area contributed by atoms with Crippen LogP contribution in [0, 0.1) is 5.41 Å². The van der Waals surface area contributed by atoms with Gasteiger partial charge in [-0.25, -0.2) is 0 Å². The van der Waals surface area contributed by atoms with Crippen LogP contribution in [-0.4, -0.2) is 53.1 Å². The van der Waals surface area contributed by atoms with Gasteiger partial charge in [0.1, 0.15) is 11.4 Å². The highest BCUT2D eigenvalue weighted by Crippen LogP contribution is 2.45. The van der Waals surface area contributed by atoms with Crippen molar-refractivity contribution in [3.63, 3.8) is 0 Å². The zero-order valence-corrected chi connectivity index (χ0v) is 12.6. The van der Waals surface area contributed by atoms with Gasteiger partial charge in [0.25, 0.3) is 5.91 Å². The minimum atomic E-state index is -0.847. The molecule has 3 rings (SSSR count). The Morgan fingerprint density at radius 3 is 2.48 bits per heavy atom. The van der Waals surface area contributed by atoms with Gasteiger partial charge in [-0.1, -0.05) is 12.8 Å². The first-order chi connectivity index (χ1) is 10.0. The highest BCUT2D eigenvalue weighted by Gasteiger charge is 2.60. The number of hydrogen-bond acceptors (Lipinski definition) is 4. The van der Waals surface area contributed by atoms with Crippen molar-refractivity contribution < 1.29 is 9.59 Å². The summed E-state index contributed by atoms with van der Waals surface area (Å²) in [5.74, 6) is 0.123. The molecule has 0 aromatic carbocycles. The molecule has 1 atom stereocenters. The Morgan fingerprint density at radius 2 is 1.95 bits per heavy atom. The molecule has 0 aromatic rings. The highest BCUT2D eigenvalue weighted by atomic mass is 16.2. The van der Waals surface area contributed by atoms with Crippen LogP contribution in [0.2, 0.25) is 0 Å². The van der Waals surface area contributed by atoms with Crippen LogP contribution in [0.5, 0.6) is 0 Å². The van der Waals surface area contributed by atoms with Crippen LogP contribution in [0.15, 0.2) is 11.8 Å². The van der Waals surface area contributed by atoms with Gasteiger partial charge in [-0.3, -0.25) is 19.9 Å². The predicted octanol–water partition coefficient (Wildman–Crippen LogP) is 0.843. The first-order valence-electron chi connectivity index (χ1n) is 7.57. The third-order valence-electron chi connectivity index (χ3n) is 5.02. The molecule has 1 spiro atoms. The van der Waals surface area contributed by atoms with Crippen LogP contribution in [-0.2, 0) is 9.59 Å². The average Bonchev–Trinajstić information content (AvgIpc) is 3.10. The summed E-state index contributed by atoms with van der Waals surface area (Å²) in [6.07, 6.45) is 6.71. The topological polar surface area (TPSA) is 76.5 Å². The minimum absolute atomic E-state index is 0.137. The van der Waals surface area contributed by atoms with E-state index in [0.29, 0.717) is 12.3 Å². The molecule has 6 nitrogen and oxygen atoms in total. The normalized spacial score (nSPS) is 32.3. The van der Waals surface area contributed by atoms with Crippen LogP contribution in [0.25, 0.3) is 0 Å². The number of amides is 2. The smallest absolute Gasteiger partial charge is 0.255 e. The summed E-state index contributed by atoms with van der Waals surface area (Å²) in [7, 11) is 3.34. The maximum absolute atomic E-state index is 12.7. The standard InChI is InChI=1S/C15H22N4O2/c1-17-9-10-7-15(8-12(20)18(2)14(15)21)19(13(10)16)11-5-3-4-6-11/h9,11,16-17H,3-8H2,1-2H3/b10-9-,16-13?. The number of rotatable bonds is 2. The van der Waals surface area contributed by atoms with Crippen LogP contribution in [0.1, 0.15) is 38.5 Å². The Labute approximate surface area is 124 Å². The number of nitrogens with zero attached hydrogens (tertiary/aromatic N) is 2. The molecule has 2 heterocycles. The number of nitrogens with one attached hydrogen (secondary N) is 2. The van der Waals surface area contributed by atoms with Gasteiger partial charge in [0.2, 0.25) is 5.91 Å². The first kappa shape index (κ1) is 14.1. The van der Waals surface area contributed by atoms with Crippen LogP contribution in [0.4, 0.5) is 0 Å². The second-order valence-electron chi connectivity index (χ2n) is 6.26. The van der Waals surface area contributed by atoms with E-state index in [1.807, 2.05) is 4.90 Å². The van der Waals surface area contributed by atoms with Gasteiger partial charge in [-0.15, -0.1) is 0 Å². The minimum Gasteiger partial charge on any atom is -0.394 e. The molecule has 0 radical (unpaired) electrons. The highest BCUT2D eigenvalue weighted by molar-refractivity contribution is 6.14. The molecule has 1 aliphatic carbocycles. The average molecular weight is 290 g/mol.